The number of hydrogen-bond acceptors (Lipinski definition) is 4. The maximum Gasteiger partial charge on any atom is 0.226 e. The summed E-state index contributed by atoms with van der Waals surface area (Å²) in [5.41, 5.74) is 5.81. The lowest BCUT2D eigenvalue weighted by Gasteiger charge is -2.29. The maximum atomic E-state index is 13.0. The van der Waals surface area contributed by atoms with Crippen molar-refractivity contribution in [3.8, 4) is 11.4 Å². The first-order valence-electron chi connectivity index (χ1n) is 12.6. The van der Waals surface area contributed by atoms with E-state index in [1.54, 1.807) is 13.3 Å². The number of anilines is 1. The summed E-state index contributed by atoms with van der Waals surface area (Å²) in [6.45, 7) is 4.46. The molecule has 2 aromatic carbocycles. The van der Waals surface area contributed by atoms with E-state index in [1.807, 2.05) is 86.8 Å². The molecule has 1 amide bonds. The number of hydrogen-bond donors (Lipinski definition) is 2. The van der Waals surface area contributed by atoms with Crippen LogP contribution in [0, 0.1) is 13.8 Å². The summed E-state index contributed by atoms with van der Waals surface area (Å²) in [6.07, 6.45) is 4.10. The van der Waals surface area contributed by atoms with Gasteiger partial charge < -0.3 is 24.8 Å². The average Bonchev–Trinajstić information content (AvgIpc) is 3.54. The largest absolute Gasteiger partial charge is 0.495 e. The molecule has 0 aliphatic carbocycles. The smallest absolute Gasteiger partial charge is 0.226 e. The molecule has 1 saturated heterocycles. The Morgan fingerprint density at radius 2 is 1.89 bits per heavy atom. The van der Waals surface area contributed by atoms with Gasteiger partial charge in [0.25, 0.3) is 0 Å². The first-order chi connectivity index (χ1) is 18.5. The molecular formula is C30H31N5O2S. The third-order valence-corrected chi connectivity index (χ3v) is 7.23. The topological polar surface area (TPSA) is 71.4 Å². The summed E-state index contributed by atoms with van der Waals surface area (Å²) < 4.78 is 7.78. The van der Waals surface area contributed by atoms with Gasteiger partial charge >= 0.3 is 0 Å². The maximum absolute atomic E-state index is 13.0. The van der Waals surface area contributed by atoms with E-state index in [4.69, 9.17) is 17.0 Å². The van der Waals surface area contributed by atoms with Crippen molar-refractivity contribution >= 4 is 28.9 Å². The van der Waals surface area contributed by atoms with E-state index in [-0.39, 0.29) is 24.4 Å². The zero-order valence-electron chi connectivity index (χ0n) is 21.7. The van der Waals surface area contributed by atoms with Crippen molar-refractivity contribution in [3.05, 3.63) is 108 Å². The number of nitrogens with one attached hydrogen (secondary N) is 2. The van der Waals surface area contributed by atoms with Gasteiger partial charge in [0.15, 0.2) is 5.11 Å². The van der Waals surface area contributed by atoms with Crippen molar-refractivity contribution in [2.24, 2.45) is 0 Å². The second kappa shape index (κ2) is 11.1. The molecule has 7 nitrogen and oxygen atoms in total. The van der Waals surface area contributed by atoms with E-state index in [1.165, 1.54) is 0 Å². The van der Waals surface area contributed by atoms with Crippen LogP contribution in [0.3, 0.4) is 0 Å². The fourth-order valence-electron chi connectivity index (χ4n) is 4.96. The van der Waals surface area contributed by atoms with Crippen LogP contribution in [0.25, 0.3) is 5.69 Å². The summed E-state index contributed by atoms with van der Waals surface area (Å²) in [7, 11) is 1.67. The predicted octanol–water partition coefficient (Wildman–Crippen LogP) is 5.50. The molecule has 0 bridgehead atoms. The normalized spacial score (nSPS) is 16.8. The molecule has 1 fully saturated rings. The van der Waals surface area contributed by atoms with Gasteiger partial charge in [-0.15, -0.1) is 0 Å². The molecule has 38 heavy (non-hydrogen) atoms. The summed E-state index contributed by atoms with van der Waals surface area (Å²) in [6, 6.07) is 23.6. The molecule has 4 aromatic rings. The van der Waals surface area contributed by atoms with Gasteiger partial charge in [-0.1, -0.05) is 30.3 Å². The highest BCUT2D eigenvalue weighted by atomic mass is 32.1. The fourth-order valence-corrected chi connectivity index (χ4v) is 5.29. The summed E-state index contributed by atoms with van der Waals surface area (Å²) in [5.74, 6) is 0.717. The lowest BCUT2D eigenvalue weighted by Crippen LogP contribution is -2.33. The Balaban J connectivity index is 1.46. The van der Waals surface area contributed by atoms with Gasteiger partial charge in [-0.05, 0) is 79.7 Å². The van der Waals surface area contributed by atoms with Crippen LogP contribution in [-0.2, 0) is 4.79 Å². The zero-order valence-corrected chi connectivity index (χ0v) is 22.5. The van der Waals surface area contributed by atoms with Crippen molar-refractivity contribution in [1.82, 2.24) is 19.8 Å². The third-order valence-electron chi connectivity index (χ3n) is 6.87. The molecule has 0 spiro atoms. The number of para-hydroxylation sites is 2. The van der Waals surface area contributed by atoms with Crippen LogP contribution in [0.4, 0.5) is 5.69 Å². The number of amides is 1. The van der Waals surface area contributed by atoms with Crippen LogP contribution in [0.15, 0.2) is 85.2 Å². The number of aromatic nitrogens is 2. The number of nitrogens with zero attached hydrogens (tertiary/aromatic N) is 3. The molecule has 1 aliphatic rings. The number of carbonyl (C=O) groups excluding carboxylic acids is 1. The minimum absolute atomic E-state index is 0.0540. The average molecular weight is 526 g/mol. The molecular weight excluding hydrogens is 494 g/mol. The second-order valence-electron chi connectivity index (χ2n) is 9.41. The Hall–Kier alpha value is -4.17. The Labute approximate surface area is 228 Å². The highest BCUT2D eigenvalue weighted by Gasteiger charge is 2.41. The van der Waals surface area contributed by atoms with Crippen LogP contribution in [0.1, 0.15) is 41.0 Å². The number of thiocarbonyl (C=S) groups is 1. The third kappa shape index (κ3) is 5.13. The highest BCUT2D eigenvalue weighted by molar-refractivity contribution is 7.80. The second-order valence-corrected chi connectivity index (χ2v) is 9.80. The number of benzene rings is 2. The van der Waals surface area contributed by atoms with Crippen molar-refractivity contribution in [1.29, 1.82) is 0 Å². The molecule has 0 unspecified atom stereocenters. The lowest BCUT2D eigenvalue weighted by atomic mass is 10.0. The Kier molecular flexibility index (Phi) is 7.42. The quantitative estimate of drug-likeness (QED) is 0.296. The molecule has 0 saturated carbocycles. The SMILES string of the molecule is COc1ccccc1-n1cccc1[C@@H]1[C@@H](c2ccccn2)NC(=S)N1CCC(=O)Nc1cc(C)ccc1C. The predicted molar refractivity (Wildman–Crippen MR) is 154 cm³/mol. The van der Waals surface area contributed by atoms with Crippen LogP contribution in [-0.4, -0.2) is 39.1 Å². The van der Waals surface area contributed by atoms with Gasteiger partial charge in [0.1, 0.15) is 5.75 Å². The van der Waals surface area contributed by atoms with E-state index in [2.05, 4.69) is 31.2 Å². The first kappa shape index (κ1) is 25.5. The number of aryl methyl sites for hydroxylation is 2. The van der Waals surface area contributed by atoms with E-state index >= 15 is 0 Å². The lowest BCUT2D eigenvalue weighted by molar-refractivity contribution is -0.116. The standard InChI is InChI=1S/C30H31N5O2S/c1-20-13-14-21(2)23(19-20)32-27(36)15-18-35-29(28(33-30(35)38)22-9-6-7-16-31-22)25-11-8-17-34(25)24-10-4-5-12-26(24)37-3/h4-14,16-17,19,28-29H,15,18H2,1-3H3,(H,32,36)(H,33,38)/t28-,29-/m1/s1. The first-order valence-corrected chi connectivity index (χ1v) is 13.0. The van der Waals surface area contributed by atoms with Gasteiger partial charge in [-0.25, -0.2) is 0 Å². The molecule has 2 atom stereocenters. The van der Waals surface area contributed by atoms with Crippen LogP contribution < -0.4 is 15.4 Å². The van der Waals surface area contributed by atoms with Gasteiger partial charge in [-0.2, -0.15) is 0 Å². The Morgan fingerprint density at radius 3 is 2.68 bits per heavy atom. The summed E-state index contributed by atoms with van der Waals surface area (Å²) in [5, 5.41) is 7.14. The summed E-state index contributed by atoms with van der Waals surface area (Å²) in [4.78, 5) is 19.7. The molecule has 194 valence electrons. The number of carbonyl (C=O) groups is 1. The molecule has 8 heteroatoms. The number of methoxy groups -OCH3 is 1. The van der Waals surface area contributed by atoms with Gasteiger partial charge in [0.2, 0.25) is 5.91 Å². The molecule has 2 N–H and O–H groups in total. The van der Waals surface area contributed by atoms with Gasteiger partial charge in [0, 0.05) is 36.7 Å². The van der Waals surface area contributed by atoms with Crippen molar-refractivity contribution in [2.75, 3.05) is 19.0 Å². The van der Waals surface area contributed by atoms with Crippen molar-refractivity contribution in [2.45, 2.75) is 32.4 Å². The summed E-state index contributed by atoms with van der Waals surface area (Å²) >= 11 is 5.82. The van der Waals surface area contributed by atoms with Gasteiger partial charge in [0.05, 0.1) is 30.6 Å². The van der Waals surface area contributed by atoms with Crippen LogP contribution in [0.5, 0.6) is 5.75 Å². The van der Waals surface area contributed by atoms with Gasteiger partial charge in [-0.3, -0.25) is 9.78 Å². The van der Waals surface area contributed by atoms with Crippen molar-refractivity contribution in [3.63, 3.8) is 0 Å². The molecule has 0 radical (unpaired) electrons. The monoisotopic (exact) mass is 525 g/mol. The Morgan fingerprint density at radius 1 is 1.08 bits per heavy atom. The number of pyridine rings is 1. The molecule has 1 aliphatic heterocycles. The van der Waals surface area contributed by atoms with E-state index in [9.17, 15) is 4.79 Å². The fraction of sp³-hybridized carbons (Fsp3) is 0.233. The van der Waals surface area contributed by atoms with Crippen LogP contribution in [0.2, 0.25) is 0 Å². The van der Waals surface area contributed by atoms with Crippen LogP contribution >= 0.6 is 12.2 Å². The number of ether oxygens (including phenoxy) is 1. The number of rotatable bonds is 8. The highest BCUT2D eigenvalue weighted by Crippen LogP contribution is 2.40. The molecule has 2 aromatic heterocycles. The molecule has 5 rings (SSSR count). The van der Waals surface area contributed by atoms with E-state index < -0.39 is 0 Å². The van der Waals surface area contributed by atoms with Crippen molar-refractivity contribution < 1.29 is 9.53 Å². The van der Waals surface area contributed by atoms with E-state index in [0.29, 0.717) is 11.7 Å². The minimum Gasteiger partial charge on any atom is -0.495 e. The van der Waals surface area contributed by atoms with E-state index in [0.717, 1.165) is 39.6 Å². The zero-order chi connectivity index (χ0) is 26.6. The molecule has 3 heterocycles. The Bertz CT molecular complexity index is 1450. The minimum atomic E-state index is -0.189.